The smallest absolute Gasteiger partial charge is 0.260 e. The summed E-state index contributed by atoms with van der Waals surface area (Å²) in [5.41, 5.74) is 7.57. The Bertz CT molecular complexity index is 556. The van der Waals surface area contributed by atoms with Crippen molar-refractivity contribution >= 4 is 11.8 Å². The first-order chi connectivity index (χ1) is 9.08. The zero-order chi connectivity index (χ0) is 13.8. The van der Waals surface area contributed by atoms with E-state index in [-0.39, 0.29) is 11.9 Å². The van der Waals surface area contributed by atoms with E-state index >= 15 is 0 Å². The molecule has 1 aromatic heterocycles. The summed E-state index contributed by atoms with van der Waals surface area (Å²) in [5, 5.41) is 0.453. The second kappa shape index (κ2) is 6.21. The van der Waals surface area contributed by atoms with Crippen LogP contribution in [-0.4, -0.2) is 11.0 Å². The molecule has 0 aliphatic heterocycles. The summed E-state index contributed by atoms with van der Waals surface area (Å²) in [7, 11) is 0. The van der Waals surface area contributed by atoms with Gasteiger partial charge < -0.3 is 10.2 Å². The molecule has 0 amide bonds. The van der Waals surface area contributed by atoms with Crippen LogP contribution in [-0.2, 0) is 6.42 Å². The molecule has 0 spiro atoms. The van der Waals surface area contributed by atoms with E-state index < -0.39 is 0 Å². The first kappa shape index (κ1) is 14.1. The number of nitrogens with zero attached hydrogens (tertiary/aromatic N) is 1. The van der Waals surface area contributed by atoms with Crippen molar-refractivity contribution in [2.75, 3.05) is 0 Å². The lowest BCUT2D eigenvalue weighted by Gasteiger charge is -2.09. The first-order valence-electron chi connectivity index (χ1n) is 6.22. The van der Waals surface area contributed by atoms with Crippen molar-refractivity contribution in [3.05, 3.63) is 41.5 Å². The monoisotopic (exact) mass is 280 g/mol. The quantitative estimate of drug-likeness (QED) is 0.910. The topological polar surface area (TPSA) is 52.0 Å². The summed E-state index contributed by atoms with van der Waals surface area (Å²) in [6.07, 6.45) is 3.12. The Hall–Kier alpha value is -1.33. The van der Waals surface area contributed by atoms with Gasteiger partial charge >= 0.3 is 0 Å². The van der Waals surface area contributed by atoms with Gasteiger partial charge in [0.1, 0.15) is 12.1 Å². The number of hydrogen-bond donors (Lipinski definition) is 1. The normalized spacial score (nSPS) is 12.6. The molecule has 0 saturated carbocycles. The molecule has 1 aromatic carbocycles. The fourth-order valence-corrected chi connectivity index (χ4v) is 2.44. The Morgan fingerprint density at radius 2 is 2.26 bits per heavy atom. The highest BCUT2D eigenvalue weighted by Crippen LogP contribution is 2.29. The number of halogens is 1. The second-order valence-corrected chi connectivity index (χ2v) is 5.49. The maximum atomic E-state index is 14.0. The van der Waals surface area contributed by atoms with E-state index in [0.717, 1.165) is 17.7 Å². The summed E-state index contributed by atoms with van der Waals surface area (Å²) in [6.45, 7) is 3.86. The Balaban J connectivity index is 2.10. The fourth-order valence-electron chi connectivity index (χ4n) is 1.67. The number of benzene rings is 1. The SMILES string of the molecule is CCC(N)Cc1ccc(Sc2nc(C)co2)c(F)c1. The summed E-state index contributed by atoms with van der Waals surface area (Å²) >= 11 is 1.18. The minimum Gasteiger partial charge on any atom is -0.439 e. The molecule has 0 aliphatic carbocycles. The molecule has 1 atom stereocenters. The van der Waals surface area contributed by atoms with Crippen LogP contribution in [0.25, 0.3) is 0 Å². The molecule has 3 nitrogen and oxygen atoms in total. The van der Waals surface area contributed by atoms with Gasteiger partial charge in [0, 0.05) is 6.04 Å². The third-order valence-electron chi connectivity index (χ3n) is 2.81. The first-order valence-corrected chi connectivity index (χ1v) is 7.04. The van der Waals surface area contributed by atoms with Crippen molar-refractivity contribution in [2.45, 2.75) is 42.8 Å². The Labute approximate surface area is 116 Å². The van der Waals surface area contributed by atoms with E-state index in [0.29, 0.717) is 16.5 Å². The van der Waals surface area contributed by atoms with Crippen LogP contribution in [0.15, 0.2) is 39.0 Å². The fraction of sp³-hybridized carbons (Fsp3) is 0.357. The van der Waals surface area contributed by atoms with Gasteiger partial charge in [-0.25, -0.2) is 9.37 Å². The van der Waals surface area contributed by atoms with Crippen molar-refractivity contribution in [1.82, 2.24) is 4.98 Å². The van der Waals surface area contributed by atoms with Crippen LogP contribution in [0.1, 0.15) is 24.6 Å². The Kier molecular flexibility index (Phi) is 4.61. The second-order valence-electron chi connectivity index (χ2n) is 4.49. The van der Waals surface area contributed by atoms with E-state index in [1.54, 1.807) is 12.3 Å². The van der Waals surface area contributed by atoms with E-state index in [2.05, 4.69) is 4.98 Å². The van der Waals surface area contributed by atoms with Crippen molar-refractivity contribution in [1.29, 1.82) is 0 Å². The lowest BCUT2D eigenvalue weighted by atomic mass is 10.0. The molecule has 0 fully saturated rings. The minimum atomic E-state index is -0.262. The van der Waals surface area contributed by atoms with Crippen LogP contribution in [0.2, 0.25) is 0 Å². The molecule has 0 radical (unpaired) electrons. The highest BCUT2D eigenvalue weighted by Gasteiger charge is 2.10. The third-order valence-corrected chi connectivity index (χ3v) is 3.73. The zero-order valence-electron chi connectivity index (χ0n) is 11.0. The lowest BCUT2D eigenvalue weighted by molar-refractivity contribution is 0.453. The van der Waals surface area contributed by atoms with Crippen LogP contribution in [0.5, 0.6) is 0 Å². The maximum absolute atomic E-state index is 14.0. The number of oxazole rings is 1. The molecule has 2 aromatic rings. The number of hydrogen-bond acceptors (Lipinski definition) is 4. The number of rotatable bonds is 5. The van der Waals surface area contributed by atoms with E-state index in [9.17, 15) is 4.39 Å². The van der Waals surface area contributed by atoms with Gasteiger partial charge in [0.25, 0.3) is 5.22 Å². The van der Waals surface area contributed by atoms with E-state index in [1.165, 1.54) is 17.8 Å². The molecule has 2 rings (SSSR count). The average molecular weight is 280 g/mol. The Morgan fingerprint density at radius 1 is 1.47 bits per heavy atom. The Morgan fingerprint density at radius 3 is 2.84 bits per heavy atom. The van der Waals surface area contributed by atoms with Gasteiger partial charge in [-0.05, 0) is 49.2 Å². The highest BCUT2D eigenvalue weighted by atomic mass is 32.2. The van der Waals surface area contributed by atoms with Crippen LogP contribution >= 0.6 is 11.8 Å². The molecule has 0 bridgehead atoms. The van der Waals surface area contributed by atoms with Crippen LogP contribution < -0.4 is 5.73 Å². The molecular weight excluding hydrogens is 263 g/mol. The predicted octanol–water partition coefficient (Wildman–Crippen LogP) is 3.55. The zero-order valence-corrected chi connectivity index (χ0v) is 11.8. The van der Waals surface area contributed by atoms with Gasteiger partial charge in [0.05, 0.1) is 10.6 Å². The molecule has 1 unspecified atom stereocenters. The molecule has 19 heavy (non-hydrogen) atoms. The third kappa shape index (κ3) is 3.81. The summed E-state index contributed by atoms with van der Waals surface area (Å²) in [6, 6.07) is 5.26. The van der Waals surface area contributed by atoms with Gasteiger partial charge in [-0.15, -0.1) is 0 Å². The average Bonchev–Trinajstić information content (AvgIpc) is 2.78. The van der Waals surface area contributed by atoms with Gasteiger partial charge in [0.2, 0.25) is 0 Å². The van der Waals surface area contributed by atoms with Crippen LogP contribution in [0.4, 0.5) is 4.39 Å². The molecule has 1 heterocycles. The standard InChI is InChI=1S/C14H17FN2OS/c1-3-11(16)6-10-4-5-13(12(15)7-10)19-14-17-9(2)8-18-14/h4-5,7-8,11H,3,6,16H2,1-2H3. The molecule has 2 N–H and O–H groups in total. The van der Waals surface area contributed by atoms with Gasteiger partial charge in [-0.3, -0.25) is 0 Å². The van der Waals surface area contributed by atoms with Crippen molar-refractivity contribution in [3.63, 3.8) is 0 Å². The minimum absolute atomic E-state index is 0.0762. The van der Waals surface area contributed by atoms with Gasteiger partial charge in [-0.2, -0.15) is 0 Å². The van der Waals surface area contributed by atoms with E-state index in [1.807, 2.05) is 19.9 Å². The molecule has 102 valence electrons. The van der Waals surface area contributed by atoms with Gasteiger partial charge in [0.15, 0.2) is 0 Å². The highest BCUT2D eigenvalue weighted by molar-refractivity contribution is 7.99. The lowest BCUT2D eigenvalue weighted by Crippen LogP contribution is -2.21. The molecule has 5 heteroatoms. The van der Waals surface area contributed by atoms with Crippen molar-refractivity contribution in [3.8, 4) is 0 Å². The predicted molar refractivity (Wildman–Crippen MR) is 73.7 cm³/mol. The van der Waals surface area contributed by atoms with Crippen LogP contribution in [0, 0.1) is 12.7 Å². The van der Waals surface area contributed by atoms with Crippen LogP contribution in [0.3, 0.4) is 0 Å². The largest absolute Gasteiger partial charge is 0.439 e. The maximum Gasteiger partial charge on any atom is 0.260 e. The number of nitrogens with two attached hydrogens (primary N) is 1. The van der Waals surface area contributed by atoms with E-state index in [4.69, 9.17) is 10.2 Å². The summed E-state index contributed by atoms with van der Waals surface area (Å²) in [4.78, 5) is 4.65. The number of aryl methyl sites for hydroxylation is 1. The molecule has 0 saturated heterocycles. The molecule has 0 aliphatic rings. The summed E-state index contributed by atoms with van der Waals surface area (Å²) in [5.74, 6) is -0.262. The van der Waals surface area contributed by atoms with Crippen molar-refractivity contribution in [2.24, 2.45) is 5.73 Å². The summed E-state index contributed by atoms with van der Waals surface area (Å²) < 4.78 is 19.2. The number of aromatic nitrogens is 1. The van der Waals surface area contributed by atoms with Crippen molar-refractivity contribution < 1.29 is 8.81 Å². The molecular formula is C14H17FN2OS. The van der Waals surface area contributed by atoms with Gasteiger partial charge in [-0.1, -0.05) is 13.0 Å².